The van der Waals surface area contributed by atoms with Crippen molar-refractivity contribution in [3.05, 3.63) is 59.7 Å². The van der Waals surface area contributed by atoms with Crippen molar-refractivity contribution in [2.24, 2.45) is 5.92 Å². The molecule has 6 heteroatoms. The van der Waals surface area contributed by atoms with E-state index in [1.165, 1.54) is 0 Å². The zero-order chi connectivity index (χ0) is 19.1. The molecule has 0 radical (unpaired) electrons. The Bertz CT molecular complexity index is 710. The van der Waals surface area contributed by atoms with Crippen LogP contribution in [0, 0.1) is 5.92 Å². The van der Waals surface area contributed by atoms with Crippen LogP contribution in [0.2, 0.25) is 0 Å². The van der Waals surface area contributed by atoms with Crippen LogP contribution in [0.4, 0.5) is 0 Å². The minimum absolute atomic E-state index is 0.00657. The maximum atomic E-state index is 13.5. The maximum Gasteiger partial charge on any atom is 0.174 e. The summed E-state index contributed by atoms with van der Waals surface area (Å²) < 4.78 is 16.7. The number of benzene rings is 1. The lowest BCUT2D eigenvalue weighted by atomic mass is 9.84. The van der Waals surface area contributed by atoms with E-state index >= 15 is 0 Å². The molecule has 2 unspecified atom stereocenters. The topological polar surface area (TPSA) is 48.0 Å². The molecule has 144 valence electrons. The third-order valence-corrected chi connectivity index (χ3v) is 5.16. The van der Waals surface area contributed by atoms with Gasteiger partial charge in [-0.3, -0.25) is 9.69 Å². The van der Waals surface area contributed by atoms with Crippen LogP contribution < -0.4 is 0 Å². The zero-order valence-corrected chi connectivity index (χ0v) is 16.3. The van der Waals surface area contributed by atoms with Gasteiger partial charge in [-0.1, -0.05) is 60.8 Å². The van der Waals surface area contributed by atoms with Crippen LogP contribution in [0.5, 0.6) is 0 Å². The zero-order valence-electron chi connectivity index (χ0n) is 15.5. The summed E-state index contributed by atoms with van der Waals surface area (Å²) in [5.74, 6) is -0.509. The molecule has 0 bridgehead atoms. The highest BCUT2D eigenvalue weighted by Crippen LogP contribution is 2.30. The monoisotopic (exact) mass is 387 g/mol. The number of methoxy groups -OCH3 is 1. The summed E-state index contributed by atoms with van der Waals surface area (Å²) in [5, 5.41) is 0. The number of allylic oxidation sites excluding steroid dienone is 3. The molecule has 1 aromatic rings. The van der Waals surface area contributed by atoms with Crippen LogP contribution in [0.15, 0.2) is 54.1 Å². The molecular weight excluding hydrogens is 362 g/mol. The molecule has 1 fully saturated rings. The molecule has 5 nitrogen and oxygen atoms in total. The molecule has 1 heterocycles. The molecule has 27 heavy (non-hydrogen) atoms. The first-order valence-electron chi connectivity index (χ1n) is 9.14. The second kappa shape index (κ2) is 10.0. The fourth-order valence-electron chi connectivity index (χ4n) is 3.42. The number of carbonyl (C=O) groups is 1. The fourth-order valence-corrected chi connectivity index (χ4v) is 3.71. The number of ketones is 1. The number of Topliss-reactive ketones (excluding diaryl/α,β-unsaturated/α-hetero) is 1. The first-order valence-corrected chi connectivity index (χ1v) is 9.54. The normalized spacial score (nSPS) is 20.2. The Labute approximate surface area is 165 Å². The lowest BCUT2D eigenvalue weighted by molar-refractivity contribution is -0.158. The van der Waals surface area contributed by atoms with Crippen LogP contribution in [0.25, 0.3) is 0 Å². The van der Waals surface area contributed by atoms with Gasteiger partial charge in [-0.15, -0.1) is 0 Å². The Hall–Kier alpha value is -1.70. The molecule has 0 saturated carbocycles. The lowest BCUT2D eigenvalue weighted by Gasteiger charge is -2.39. The van der Waals surface area contributed by atoms with E-state index in [1.807, 2.05) is 48.6 Å². The molecule has 2 aliphatic rings. The van der Waals surface area contributed by atoms with Gasteiger partial charge in [0.05, 0.1) is 19.1 Å². The minimum atomic E-state index is -0.516. The summed E-state index contributed by atoms with van der Waals surface area (Å²) in [6, 6.07) is 9.32. The number of carbonyl (C=O) groups excluding carboxylic acids is 1. The third kappa shape index (κ3) is 4.97. The summed E-state index contributed by atoms with van der Waals surface area (Å²) >= 11 is 5.60. The first kappa shape index (κ1) is 20.0. The largest absolute Gasteiger partial charge is 0.379 e. The highest BCUT2D eigenvalue weighted by Gasteiger charge is 2.38. The summed E-state index contributed by atoms with van der Waals surface area (Å²) in [7, 11) is 1.58. The number of thiocarbonyl (C=S) groups is 1. The van der Waals surface area contributed by atoms with E-state index in [0.29, 0.717) is 38.3 Å². The molecule has 2 atom stereocenters. The van der Waals surface area contributed by atoms with Crippen LogP contribution in [-0.4, -0.2) is 62.0 Å². The summed E-state index contributed by atoms with van der Waals surface area (Å²) in [6.07, 6.45) is 6.12. The Morgan fingerprint density at radius 1 is 1.26 bits per heavy atom. The van der Waals surface area contributed by atoms with E-state index in [1.54, 1.807) is 7.11 Å². The third-order valence-electron chi connectivity index (χ3n) is 4.76. The molecule has 0 N–H and O–H groups in total. The van der Waals surface area contributed by atoms with Crippen LogP contribution >= 0.6 is 12.2 Å². The molecule has 1 aromatic carbocycles. The molecule has 0 amide bonds. The van der Waals surface area contributed by atoms with Gasteiger partial charge in [-0.05, 0) is 5.57 Å². The van der Waals surface area contributed by atoms with Gasteiger partial charge < -0.3 is 14.2 Å². The van der Waals surface area contributed by atoms with Gasteiger partial charge in [0.2, 0.25) is 0 Å². The van der Waals surface area contributed by atoms with Crippen molar-refractivity contribution in [1.82, 2.24) is 4.90 Å². The number of hydrogen-bond donors (Lipinski definition) is 0. The lowest BCUT2D eigenvalue weighted by Crippen LogP contribution is -2.51. The fraction of sp³-hybridized carbons (Fsp3) is 0.429. The van der Waals surface area contributed by atoms with E-state index < -0.39 is 12.1 Å². The number of morpholine rings is 1. The van der Waals surface area contributed by atoms with Crippen molar-refractivity contribution in [2.45, 2.75) is 12.6 Å². The predicted molar refractivity (Wildman–Crippen MR) is 108 cm³/mol. The van der Waals surface area contributed by atoms with Crippen molar-refractivity contribution in [3.63, 3.8) is 0 Å². The van der Waals surface area contributed by atoms with Gasteiger partial charge in [-0.25, -0.2) is 0 Å². The standard InChI is InChI=1S/C21H25NO4S/c1-24-15-26-21(22-11-13-25-14-12-22)19(17-9-5-6-10-18(17)27)20(23)16-7-3-2-4-8-16/h2-9,19,21H,10-15H2,1H3. The Kier molecular flexibility index (Phi) is 7.43. The Morgan fingerprint density at radius 2 is 2.00 bits per heavy atom. The Morgan fingerprint density at radius 3 is 2.67 bits per heavy atom. The summed E-state index contributed by atoms with van der Waals surface area (Å²) in [5.41, 5.74) is 1.51. The molecular formula is C21H25NO4S. The van der Waals surface area contributed by atoms with Crippen LogP contribution in [0.1, 0.15) is 16.8 Å². The number of ether oxygens (including phenoxy) is 3. The van der Waals surface area contributed by atoms with Crippen LogP contribution in [0.3, 0.4) is 0 Å². The maximum absolute atomic E-state index is 13.5. The van der Waals surface area contributed by atoms with Crippen molar-refractivity contribution in [2.75, 3.05) is 40.2 Å². The summed E-state index contributed by atoms with van der Waals surface area (Å²) in [6.45, 7) is 2.73. The Balaban J connectivity index is 1.99. The predicted octanol–water partition coefficient (Wildman–Crippen LogP) is 3.02. The van der Waals surface area contributed by atoms with Gasteiger partial charge in [0.1, 0.15) is 13.0 Å². The average Bonchev–Trinajstić information content (AvgIpc) is 2.73. The molecule has 1 aliphatic carbocycles. The molecule has 0 aromatic heterocycles. The van der Waals surface area contributed by atoms with Crippen molar-refractivity contribution in [3.8, 4) is 0 Å². The molecule has 3 rings (SSSR count). The second-order valence-electron chi connectivity index (χ2n) is 6.50. The number of nitrogens with zero attached hydrogens (tertiary/aromatic N) is 1. The van der Waals surface area contributed by atoms with Gasteiger partial charge in [0.25, 0.3) is 0 Å². The number of rotatable bonds is 8. The summed E-state index contributed by atoms with van der Waals surface area (Å²) in [4.78, 5) is 16.5. The van der Waals surface area contributed by atoms with E-state index in [9.17, 15) is 4.79 Å². The van der Waals surface area contributed by atoms with Crippen molar-refractivity contribution >= 4 is 22.9 Å². The number of hydrogen-bond acceptors (Lipinski definition) is 6. The quantitative estimate of drug-likeness (QED) is 0.388. The molecule has 1 aliphatic heterocycles. The van der Waals surface area contributed by atoms with Crippen molar-refractivity contribution < 1.29 is 19.0 Å². The first-order chi connectivity index (χ1) is 13.2. The van der Waals surface area contributed by atoms with E-state index in [0.717, 1.165) is 10.4 Å². The van der Waals surface area contributed by atoms with Gasteiger partial charge in [0, 0.05) is 37.0 Å². The highest BCUT2D eigenvalue weighted by atomic mass is 32.1. The van der Waals surface area contributed by atoms with Crippen molar-refractivity contribution in [1.29, 1.82) is 0 Å². The van der Waals surface area contributed by atoms with Gasteiger partial charge >= 0.3 is 0 Å². The molecule has 1 saturated heterocycles. The van der Waals surface area contributed by atoms with E-state index in [4.69, 9.17) is 26.4 Å². The SMILES string of the molecule is COCOC(C(C(=O)c1ccccc1)C1=CC=CCC1=S)N1CCOCC1. The van der Waals surface area contributed by atoms with Gasteiger partial charge in [-0.2, -0.15) is 0 Å². The second-order valence-corrected chi connectivity index (χ2v) is 6.99. The average molecular weight is 388 g/mol. The minimum Gasteiger partial charge on any atom is -0.379 e. The van der Waals surface area contributed by atoms with Crippen LogP contribution in [-0.2, 0) is 14.2 Å². The highest BCUT2D eigenvalue weighted by molar-refractivity contribution is 7.80. The smallest absolute Gasteiger partial charge is 0.174 e. The van der Waals surface area contributed by atoms with E-state index in [2.05, 4.69) is 4.90 Å². The van der Waals surface area contributed by atoms with Gasteiger partial charge in [0.15, 0.2) is 5.78 Å². The molecule has 0 spiro atoms. The van der Waals surface area contributed by atoms with E-state index in [-0.39, 0.29) is 12.6 Å².